The summed E-state index contributed by atoms with van der Waals surface area (Å²) in [5.74, 6) is -3.02. The number of benzene rings is 2. The number of nitrogens with one attached hydrogen (secondary N) is 3. The van der Waals surface area contributed by atoms with E-state index in [1.54, 1.807) is 0 Å². The summed E-state index contributed by atoms with van der Waals surface area (Å²) in [5.41, 5.74) is 4.04. The SMILES string of the molecule is O=C1CCC(Nc2ccc(NCc3ccc(CN4CCC(F)(F)CC4)cc3)cc2)C(=O)N1. The van der Waals surface area contributed by atoms with Gasteiger partial charge in [-0.05, 0) is 41.8 Å². The molecule has 0 spiro atoms. The van der Waals surface area contributed by atoms with Gasteiger partial charge in [0.05, 0.1) is 0 Å². The molecule has 8 heteroatoms. The number of amides is 2. The minimum atomic E-state index is -2.51. The van der Waals surface area contributed by atoms with Crippen molar-refractivity contribution in [2.45, 2.75) is 50.7 Å². The lowest BCUT2D eigenvalue weighted by atomic mass is 10.1. The van der Waals surface area contributed by atoms with Crippen LogP contribution in [0.5, 0.6) is 0 Å². The van der Waals surface area contributed by atoms with Crippen molar-refractivity contribution in [2.24, 2.45) is 0 Å². The molecule has 2 aromatic rings. The fraction of sp³-hybridized carbons (Fsp3) is 0.417. The molecule has 2 aliphatic rings. The number of rotatable bonds is 7. The average molecular weight is 443 g/mol. The fourth-order valence-electron chi connectivity index (χ4n) is 3.98. The van der Waals surface area contributed by atoms with E-state index >= 15 is 0 Å². The highest BCUT2D eigenvalue weighted by atomic mass is 19.3. The van der Waals surface area contributed by atoms with E-state index in [2.05, 4.69) is 45.1 Å². The molecule has 6 nitrogen and oxygen atoms in total. The normalized spacial score (nSPS) is 21.1. The zero-order chi connectivity index (χ0) is 22.6. The van der Waals surface area contributed by atoms with Gasteiger partial charge in [0.15, 0.2) is 0 Å². The molecule has 0 saturated carbocycles. The first-order chi connectivity index (χ1) is 15.4. The highest BCUT2D eigenvalue weighted by molar-refractivity contribution is 6.01. The Kier molecular flexibility index (Phi) is 6.69. The van der Waals surface area contributed by atoms with Crippen LogP contribution >= 0.6 is 0 Å². The van der Waals surface area contributed by atoms with Crippen LogP contribution < -0.4 is 16.0 Å². The standard InChI is InChI=1S/C24H28F2N4O2/c25-24(26)11-13-30(14-12-24)16-18-3-1-17(2-4-18)15-27-19-5-7-20(8-6-19)28-21-9-10-22(31)29-23(21)32/h1-8,21,27-28H,9-16H2,(H,29,31,32). The van der Waals surface area contributed by atoms with Gasteiger partial charge < -0.3 is 10.6 Å². The lowest BCUT2D eigenvalue weighted by molar-refractivity contribution is -0.133. The molecule has 0 radical (unpaired) electrons. The number of piperidine rings is 2. The molecular formula is C24H28F2N4O2. The van der Waals surface area contributed by atoms with Gasteiger partial charge >= 0.3 is 0 Å². The zero-order valence-corrected chi connectivity index (χ0v) is 17.9. The van der Waals surface area contributed by atoms with E-state index in [0.29, 0.717) is 39.0 Å². The van der Waals surface area contributed by atoms with Crippen LogP contribution in [-0.4, -0.2) is 41.8 Å². The molecule has 170 valence electrons. The van der Waals surface area contributed by atoms with Crippen molar-refractivity contribution in [1.29, 1.82) is 0 Å². The number of likely N-dealkylation sites (tertiary alicyclic amines) is 1. The van der Waals surface area contributed by atoms with E-state index in [4.69, 9.17) is 0 Å². The van der Waals surface area contributed by atoms with Crippen LogP contribution in [0.1, 0.15) is 36.8 Å². The predicted molar refractivity (Wildman–Crippen MR) is 119 cm³/mol. The van der Waals surface area contributed by atoms with Crippen LogP contribution in [0.3, 0.4) is 0 Å². The number of hydrogen-bond donors (Lipinski definition) is 3. The van der Waals surface area contributed by atoms with Gasteiger partial charge in [-0.15, -0.1) is 0 Å². The molecule has 1 atom stereocenters. The van der Waals surface area contributed by atoms with Crippen molar-refractivity contribution >= 4 is 23.2 Å². The summed E-state index contributed by atoms with van der Waals surface area (Å²) in [4.78, 5) is 25.2. The molecule has 1 unspecified atom stereocenters. The van der Waals surface area contributed by atoms with Crippen LogP contribution in [0, 0.1) is 0 Å². The number of carbonyl (C=O) groups is 2. The molecular weight excluding hydrogens is 414 g/mol. The van der Waals surface area contributed by atoms with E-state index in [1.807, 2.05) is 24.3 Å². The van der Waals surface area contributed by atoms with Crippen molar-refractivity contribution in [3.05, 3.63) is 59.7 Å². The molecule has 4 rings (SSSR count). The van der Waals surface area contributed by atoms with Crippen LogP contribution in [-0.2, 0) is 22.7 Å². The van der Waals surface area contributed by atoms with E-state index in [0.717, 1.165) is 22.5 Å². The van der Waals surface area contributed by atoms with E-state index < -0.39 is 12.0 Å². The van der Waals surface area contributed by atoms with Crippen LogP contribution in [0.2, 0.25) is 0 Å². The van der Waals surface area contributed by atoms with E-state index in [-0.39, 0.29) is 24.7 Å². The molecule has 2 amide bonds. The van der Waals surface area contributed by atoms with Gasteiger partial charge in [-0.1, -0.05) is 24.3 Å². The van der Waals surface area contributed by atoms with Gasteiger partial charge in [-0.2, -0.15) is 0 Å². The highest BCUT2D eigenvalue weighted by Crippen LogP contribution is 2.28. The molecule has 2 fully saturated rings. The van der Waals surface area contributed by atoms with Crippen LogP contribution in [0.25, 0.3) is 0 Å². The summed E-state index contributed by atoms with van der Waals surface area (Å²) in [6.07, 6.45) is 0.717. The maximum atomic E-state index is 13.3. The smallest absolute Gasteiger partial charge is 0.250 e. The number of hydrogen-bond acceptors (Lipinski definition) is 5. The molecule has 0 bridgehead atoms. The third-order valence-electron chi connectivity index (χ3n) is 5.98. The maximum absolute atomic E-state index is 13.3. The first-order valence-electron chi connectivity index (χ1n) is 11.0. The van der Waals surface area contributed by atoms with Crippen molar-refractivity contribution in [3.63, 3.8) is 0 Å². The minimum Gasteiger partial charge on any atom is -0.381 e. The fourth-order valence-corrected chi connectivity index (χ4v) is 3.98. The summed E-state index contributed by atoms with van der Waals surface area (Å²) in [5, 5.41) is 8.87. The zero-order valence-electron chi connectivity index (χ0n) is 17.9. The molecule has 2 saturated heterocycles. The van der Waals surface area contributed by atoms with Gasteiger partial charge in [0, 0.05) is 56.8 Å². The lowest BCUT2D eigenvalue weighted by Crippen LogP contribution is -2.47. The van der Waals surface area contributed by atoms with E-state index in [1.165, 1.54) is 0 Å². The third-order valence-corrected chi connectivity index (χ3v) is 5.98. The first kappa shape index (κ1) is 22.2. The summed E-state index contributed by atoms with van der Waals surface area (Å²) >= 11 is 0. The minimum absolute atomic E-state index is 0.0587. The van der Waals surface area contributed by atoms with Gasteiger partial charge in [-0.25, -0.2) is 8.78 Å². The molecule has 2 aliphatic heterocycles. The Labute approximate surface area is 186 Å². The Bertz CT molecular complexity index is 937. The Hall–Kier alpha value is -3.00. The third kappa shape index (κ3) is 6.03. The van der Waals surface area contributed by atoms with Crippen molar-refractivity contribution in [1.82, 2.24) is 10.2 Å². The number of alkyl halides is 2. The van der Waals surface area contributed by atoms with Crippen LogP contribution in [0.4, 0.5) is 20.2 Å². The quantitative estimate of drug-likeness (QED) is 0.570. The topological polar surface area (TPSA) is 73.5 Å². The number of halogens is 2. The van der Waals surface area contributed by atoms with Crippen LogP contribution in [0.15, 0.2) is 48.5 Å². The number of carbonyl (C=O) groups excluding carboxylic acids is 2. The largest absolute Gasteiger partial charge is 0.381 e. The second kappa shape index (κ2) is 9.65. The summed E-state index contributed by atoms with van der Waals surface area (Å²) in [6.45, 7) is 2.23. The van der Waals surface area contributed by atoms with Crippen molar-refractivity contribution in [3.8, 4) is 0 Å². The second-order valence-electron chi connectivity index (χ2n) is 8.53. The summed E-state index contributed by atoms with van der Waals surface area (Å²) in [6, 6.07) is 15.5. The predicted octanol–water partition coefficient (Wildman–Crippen LogP) is 3.75. The van der Waals surface area contributed by atoms with Gasteiger partial charge in [0.2, 0.25) is 11.8 Å². The number of nitrogens with zero attached hydrogens (tertiary/aromatic N) is 1. The van der Waals surface area contributed by atoms with Crippen molar-refractivity contribution in [2.75, 3.05) is 23.7 Å². The Morgan fingerprint density at radius 3 is 2.22 bits per heavy atom. The Balaban J connectivity index is 1.23. The molecule has 32 heavy (non-hydrogen) atoms. The van der Waals surface area contributed by atoms with Gasteiger partial charge in [0.1, 0.15) is 6.04 Å². The highest BCUT2D eigenvalue weighted by Gasteiger charge is 2.33. The Morgan fingerprint density at radius 2 is 1.56 bits per heavy atom. The molecule has 3 N–H and O–H groups in total. The monoisotopic (exact) mass is 442 g/mol. The van der Waals surface area contributed by atoms with Gasteiger partial charge in [0.25, 0.3) is 5.92 Å². The Morgan fingerprint density at radius 1 is 0.938 bits per heavy atom. The molecule has 2 heterocycles. The van der Waals surface area contributed by atoms with Gasteiger partial charge in [-0.3, -0.25) is 19.8 Å². The summed E-state index contributed by atoms with van der Waals surface area (Å²) in [7, 11) is 0. The molecule has 0 aromatic heterocycles. The molecule has 0 aliphatic carbocycles. The second-order valence-corrected chi connectivity index (χ2v) is 8.53. The average Bonchev–Trinajstić information content (AvgIpc) is 2.78. The van der Waals surface area contributed by atoms with E-state index in [9.17, 15) is 18.4 Å². The number of imide groups is 1. The molecule has 2 aromatic carbocycles. The number of anilines is 2. The lowest BCUT2D eigenvalue weighted by Gasteiger charge is -2.31. The maximum Gasteiger partial charge on any atom is 0.250 e. The first-order valence-corrected chi connectivity index (χ1v) is 11.0. The van der Waals surface area contributed by atoms with Crippen molar-refractivity contribution < 1.29 is 18.4 Å². The summed E-state index contributed by atoms with van der Waals surface area (Å²) < 4.78 is 26.6.